The van der Waals surface area contributed by atoms with Crippen molar-refractivity contribution in [1.82, 2.24) is 5.43 Å². The first kappa shape index (κ1) is 17.3. The molecule has 0 aliphatic carbocycles. The zero-order valence-electron chi connectivity index (χ0n) is 11.9. The zero-order valence-corrected chi connectivity index (χ0v) is 14.1. The van der Waals surface area contributed by atoms with Crippen LogP contribution < -0.4 is 20.9 Å². The molecular formula is C14H12Cl3N4O2+. The van der Waals surface area contributed by atoms with E-state index in [1.54, 1.807) is 31.4 Å². The number of rotatable bonds is 4. The van der Waals surface area contributed by atoms with E-state index in [-0.39, 0.29) is 26.6 Å². The third-order valence-corrected chi connectivity index (χ3v) is 3.99. The molecule has 1 heterocycles. The van der Waals surface area contributed by atoms with E-state index < -0.39 is 5.91 Å². The van der Waals surface area contributed by atoms with Gasteiger partial charge in [0.25, 0.3) is 10.8 Å². The van der Waals surface area contributed by atoms with Gasteiger partial charge in [-0.2, -0.15) is 10.1 Å². The minimum absolute atomic E-state index is 0.00971. The lowest BCUT2D eigenvalue weighted by Crippen LogP contribution is -2.28. The molecule has 23 heavy (non-hydrogen) atoms. The smallest absolute Gasteiger partial charge is 0.337 e. The average molecular weight is 375 g/mol. The zero-order chi connectivity index (χ0) is 17.0. The molecule has 0 bridgehead atoms. The normalized spacial score (nSPS) is 10.8. The van der Waals surface area contributed by atoms with Crippen molar-refractivity contribution < 1.29 is 14.5 Å². The van der Waals surface area contributed by atoms with Crippen LogP contribution >= 0.6 is 34.8 Å². The van der Waals surface area contributed by atoms with E-state index in [2.05, 4.69) is 15.5 Å². The van der Waals surface area contributed by atoms with Gasteiger partial charge < -0.3 is 10.5 Å². The molecule has 1 amide bonds. The predicted molar refractivity (Wildman–Crippen MR) is 90.5 cm³/mol. The van der Waals surface area contributed by atoms with Gasteiger partial charge in [0.2, 0.25) is 0 Å². The van der Waals surface area contributed by atoms with Gasteiger partial charge in [-0.25, -0.2) is 5.43 Å². The number of aromatic nitrogens is 1. The van der Waals surface area contributed by atoms with Gasteiger partial charge in [0, 0.05) is 0 Å². The molecule has 1 aromatic heterocycles. The highest BCUT2D eigenvalue weighted by molar-refractivity contribution is 6.45. The number of pyridine rings is 1. The quantitative estimate of drug-likeness (QED) is 0.490. The van der Waals surface area contributed by atoms with Crippen molar-refractivity contribution in [3.63, 3.8) is 0 Å². The Morgan fingerprint density at radius 3 is 2.78 bits per heavy atom. The molecule has 1 aromatic carbocycles. The summed E-state index contributed by atoms with van der Waals surface area (Å²) in [7, 11) is 1.56. The van der Waals surface area contributed by atoms with Gasteiger partial charge in [0.15, 0.2) is 0 Å². The molecule has 0 saturated heterocycles. The topological polar surface area (TPSA) is 90.8 Å². The lowest BCUT2D eigenvalue weighted by Gasteiger charge is -2.03. The summed E-state index contributed by atoms with van der Waals surface area (Å²) in [5.41, 5.74) is 8.71. The van der Waals surface area contributed by atoms with Crippen molar-refractivity contribution in [3.8, 4) is 5.75 Å². The molecule has 120 valence electrons. The van der Waals surface area contributed by atoms with Crippen LogP contribution in [0.25, 0.3) is 0 Å². The van der Waals surface area contributed by atoms with E-state index in [1.165, 1.54) is 6.21 Å². The molecule has 0 spiro atoms. The van der Waals surface area contributed by atoms with E-state index in [0.29, 0.717) is 5.75 Å². The number of aromatic amines is 1. The lowest BCUT2D eigenvalue weighted by molar-refractivity contribution is -0.379. The maximum atomic E-state index is 12.1. The summed E-state index contributed by atoms with van der Waals surface area (Å²) in [4.78, 5) is 14.6. The Morgan fingerprint density at radius 2 is 2.09 bits per heavy atom. The summed E-state index contributed by atoms with van der Waals surface area (Å²) >= 11 is 17.6. The predicted octanol–water partition coefficient (Wildman–Crippen LogP) is 2.82. The molecule has 2 rings (SSSR count). The molecule has 0 aliphatic heterocycles. The number of carbonyl (C=O) groups excluding carboxylic acids is 1. The third kappa shape index (κ3) is 4.04. The van der Waals surface area contributed by atoms with Crippen molar-refractivity contribution >= 4 is 52.6 Å². The number of nitrogens with one attached hydrogen (secondary N) is 2. The van der Waals surface area contributed by atoms with Gasteiger partial charge in [0.1, 0.15) is 15.8 Å². The Morgan fingerprint density at radius 1 is 1.35 bits per heavy atom. The number of nitrogen functional groups attached to an aromatic ring is 1. The molecule has 2 aromatic rings. The van der Waals surface area contributed by atoms with Gasteiger partial charge in [-0.15, -0.1) is 0 Å². The van der Waals surface area contributed by atoms with Gasteiger partial charge in [0.05, 0.1) is 19.0 Å². The van der Waals surface area contributed by atoms with Crippen LogP contribution in [-0.4, -0.2) is 19.2 Å². The fraction of sp³-hybridized carbons (Fsp3) is 0.0714. The Kier molecular flexibility index (Phi) is 5.65. The summed E-state index contributed by atoms with van der Waals surface area (Å²) in [6, 6.07) is 7.15. The Hall–Kier alpha value is -2.02. The lowest BCUT2D eigenvalue weighted by atomic mass is 10.2. The highest BCUT2D eigenvalue weighted by Gasteiger charge is 2.25. The highest BCUT2D eigenvalue weighted by atomic mass is 35.5. The first-order chi connectivity index (χ1) is 10.9. The minimum Gasteiger partial charge on any atom is -0.497 e. The fourth-order valence-electron chi connectivity index (χ4n) is 1.67. The molecule has 0 saturated carbocycles. The molecule has 0 atom stereocenters. The Balaban J connectivity index is 2.15. The number of halogens is 3. The number of methoxy groups -OCH3 is 1. The first-order valence-corrected chi connectivity index (χ1v) is 7.40. The second-order valence-corrected chi connectivity index (χ2v) is 5.47. The van der Waals surface area contributed by atoms with E-state index in [9.17, 15) is 4.79 Å². The number of amides is 1. The summed E-state index contributed by atoms with van der Waals surface area (Å²) in [6.45, 7) is 0. The fourth-order valence-corrected chi connectivity index (χ4v) is 2.28. The molecule has 0 fully saturated rings. The van der Waals surface area contributed by atoms with E-state index in [4.69, 9.17) is 45.3 Å². The largest absolute Gasteiger partial charge is 0.497 e. The third-order valence-electron chi connectivity index (χ3n) is 2.82. The van der Waals surface area contributed by atoms with Crippen molar-refractivity contribution in [1.29, 1.82) is 0 Å². The molecule has 0 unspecified atom stereocenters. The number of ether oxygens (including phenoxy) is 1. The van der Waals surface area contributed by atoms with Crippen LogP contribution in [0.1, 0.15) is 16.1 Å². The minimum atomic E-state index is -0.612. The van der Waals surface area contributed by atoms with Crippen molar-refractivity contribution in [2.45, 2.75) is 0 Å². The summed E-state index contributed by atoms with van der Waals surface area (Å²) in [5.74, 6) is 0.0633. The van der Waals surface area contributed by atoms with Crippen LogP contribution in [-0.2, 0) is 0 Å². The average Bonchev–Trinajstić information content (AvgIpc) is 2.56. The monoisotopic (exact) mass is 373 g/mol. The van der Waals surface area contributed by atoms with Crippen LogP contribution in [0, 0.1) is 0 Å². The van der Waals surface area contributed by atoms with Crippen LogP contribution in [0.3, 0.4) is 0 Å². The van der Waals surface area contributed by atoms with Gasteiger partial charge in [-0.05, 0) is 29.3 Å². The number of nitrogens with two attached hydrogens (primary N) is 1. The molecule has 0 aliphatic rings. The van der Waals surface area contributed by atoms with Gasteiger partial charge in [-0.1, -0.05) is 35.3 Å². The number of hydrogen-bond donors (Lipinski definition) is 2. The van der Waals surface area contributed by atoms with Crippen LogP contribution in [0.2, 0.25) is 15.2 Å². The Labute approximate surface area is 147 Å². The van der Waals surface area contributed by atoms with Crippen molar-refractivity contribution in [3.05, 3.63) is 50.7 Å². The second kappa shape index (κ2) is 7.50. The molecule has 4 N–H and O–H groups in total. The number of hydrogen-bond acceptors (Lipinski definition) is 4. The Bertz CT molecular complexity index is 781. The number of hydrazone groups is 1. The second-order valence-electron chi connectivity index (χ2n) is 4.33. The number of benzene rings is 1. The van der Waals surface area contributed by atoms with E-state index in [1.807, 2.05) is 0 Å². The van der Waals surface area contributed by atoms with Crippen LogP contribution in [0.4, 0.5) is 5.69 Å². The maximum absolute atomic E-state index is 12.1. The standard InChI is InChI=1S/C14H11Cl3N4O2/c1-23-8-4-2-3-7(5-8)6-19-21-14(22)12-9(15)11(18)10(16)13(17)20-12/h2-6H,1H3,(H2,18,20)(H,21,22)/p+1/b19-6-. The highest BCUT2D eigenvalue weighted by Crippen LogP contribution is 2.31. The number of H-pyrrole nitrogens is 1. The van der Waals surface area contributed by atoms with Crippen molar-refractivity contribution in [2.75, 3.05) is 12.8 Å². The maximum Gasteiger partial charge on any atom is 0.337 e. The number of nitrogens with zero attached hydrogens (tertiary/aromatic N) is 1. The van der Waals surface area contributed by atoms with Gasteiger partial charge in [-0.3, -0.25) is 4.79 Å². The van der Waals surface area contributed by atoms with Crippen molar-refractivity contribution in [2.24, 2.45) is 5.10 Å². The number of carbonyl (C=O) groups is 1. The molecule has 9 heteroatoms. The van der Waals surface area contributed by atoms with Crippen LogP contribution in [0.5, 0.6) is 5.75 Å². The number of anilines is 1. The molecule has 0 radical (unpaired) electrons. The molecule has 6 nitrogen and oxygen atoms in total. The summed E-state index contributed by atoms with van der Waals surface area (Å²) in [5, 5.41) is 3.87. The van der Waals surface area contributed by atoms with E-state index in [0.717, 1.165) is 5.56 Å². The van der Waals surface area contributed by atoms with E-state index >= 15 is 0 Å². The SMILES string of the molecule is COc1cccc(/C=N\NC(=O)c2[nH+]c(Cl)c(Cl)c(N)c2Cl)c1. The molecular weight excluding hydrogens is 363 g/mol. The van der Waals surface area contributed by atoms with Crippen LogP contribution in [0.15, 0.2) is 29.4 Å². The first-order valence-electron chi connectivity index (χ1n) is 6.26. The summed E-state index contributed by atoms with van der Waals surface area (Å²) < 4.78 is 5.09. The van der Waals surface area contributed by atoms with Gasteiger partial charge >= 0.3 is 5.91 Å². The summed E-state index contributed by atoms with van der Waals surface area (Å²) in [6.07, 6.45) is 1.45.